The molecule has 0 aliphatic carbocycles. The number of benzene rings is 4. The highest BCUT2D eigenvalue weighted by atomic mass is 35.5. The van der Waals surface area contributed by atoms with Gasteiger partial charge in [0.15, 0.2) is 0 Å². The molecule has 0 fully saturated rings. The molecule has 4 aromatic carbocycles. The maximum absolute atomic E-state index is 12.6. The van der Waals surface area contributed by atoms with Crippen molar-refractivity contribution in [1.29, 1.82) is 0 Å². The molecular formula is C33H28Cl2F4O8. The SMILES string of the molecule is COC(=O)c1ccc(F)cc1C.Cc1cc(F)cc(Cl)c1C(=O)O.Cc1cc(F)cc(Cl)c1C(=O)O.Cc1cc(F)ccc1C(=O)O. The fourth-order valence-electron chi connectivity index (χ4n) is 3.78. The van der Waals surface area contributed by atoms with Gasteiger partial charge in [0.2, 0.25) is 0 Å². The predicted molar refractivity (Wildman–Crippen MR) is 167 cm³/mol. The van der Waals surface area contributed by atoms with Crippen molar-refractivity contribution in [3.63, 3.8) is 0 Å². The minimum Gasteiger partial charge on any atom is -0.478 e. The molecule has 250 valence electrons. The maximum atomic E-state index is 12.6. The van der Waals surface area contributed by atoms with Crippen molar-refractivity contribution in [2.75, 3.05) is 7.11 Å². The first kappa shape index (κ1) is 40.1. The van der Waals surface area contributed by atoms with Gasteiger partial charge in [-0.2, -0.15) is 0 Å². The summed E-state index contributed by atoms with van der Waals surface area (Å²) in [5, 5.41) is 25.7. The molecule has 0 spiro atoms. The van der Waals surface area contributed by atoms with Crippen LogP contribution in [0.1, 0.15) is 63.7 Å². The molecule has 0 unspecified atom stereocenters. The van der Waals surface area contributed by atoms with Crippen molar-refractivity contribution < 1.29 is 56.8 Å². The number of methoxy groups -OCH3 is 1. The van der Waals surface area contributed by atoms with Crippen LogP contribution >= 0.6 is 23.2 Å². The Hall–Kier alpha value is -4.94. The van der Waals surface area contributed by atoms with Crippen LogP contribution in [0.15, 0.2) is 60.7 Å². The monoisotopic (exact) mass is 698 g/mol. The van der Waals surface area contributed by atoms with E-state index in [1.807, 2.05) is 0 Å². The van der Waals surface area contributed by atoms with Crippen molar-refractivity contribution >= 4 is 47.1 Å². The van der Waals surface area contributed by atoms with Crippen LogP contribution in [0.5, 0.6) is 0 Å². The number of ether oxygens (including phenoxy) is 1. The zero-order chi connectivity index (χ0) is 36.2. The lowest BCUT2D eigenvalue weighted by Crippen LogP contribution is -2.03. The largest absolute Gasteiger partial charge is 0.478 e. The first-order chi connectivity index (χ1) is 21.8. The summed E-state index contributed by atoms with van der Waals surface area (Å²) in [6, 6.07) is 11.8. The minimum atomic E-state index is -1.14. The molecule has 0 heterocycles. The number of aromatic carboxylic acids is 3. The first-order valence-electron chi connectivity index (χ1n) is 13.0. The van der Waals surface area contributed by atoms with Crippen molar-refractivity contribution in [2.24, 2.45) is 0 Å². The van der Waals surface area contributed by atoms with E-state index in [1.54, 1.807) is 13.8 Å². The summed E-state index contributed by atoms with van der Waals surface area (Å²) in [7, 11) is 1.30. The molecule has 3 N–H and O–H groups in total. The number of carboxylic acid groups (broad SMARTS) is 3. The summed E-state index contributed by atoms with van der Waals surface area (Å²) >= 11 is 11.0. The molecule has 47 heavy (non-hydrogen) atoms. The standard InChI is InChI=1S/C9H9FO2.2C8H6ClFO2.C8H7FO2/c1-6-5-7(10)3-4-8(6)9(11)12-2;2*1-4-2-5(10)3-6(9)7(4)8(11)12;1-5-4-6(9)2-3-7(5)8(10)11/h3-5H,1-2H3;2*2-3H,1H3,(H,11,12);2-4H,1H3,(H,10,11). The molecule has 4 aromatic rings. The third kappa shape index (κ3) is 12.4. The second-order valence-electron chi connectivity index (χ2n) is 9.48. The van der Waals surface area contributed by atoms with Crippen molar-refractivity contribution in [3.8, 4) is 0 Å². The van der Waals surface area contributed by atoms with E-state index in [4.69, 9.17) is 38.5 Å². The van der Waals surface area contributed by atoms with Gasteiger partial charge in [0, 0.05) is 0 Å². The molecule has 0 atom stereocenters. The number of carbonyl (C=O) groups excluding carboxylic acids is 1. The summed E-state index contributed by atoms with van der Waals surface area (Å²) in [5.41, 5.74) is 2.14. The average molecular weight is 699 g/mol. The van der Waals surface area contributed by atoms with Gasteiger partial charge in [-0.15, -0.1) is 0 Å². The van der Waals surface area contributed by atoms with Gasteiger partial charge in [-0.05, 0) is 111 Å². The highest BCUT2D eigenvalue weighted by Gasteiger charge is 2.14. The number of carboxylic acids is 3. The lowest BCUT2D eigenvalue weighted by atomic mass is 10.1. The average Bonchev–Trinajstić information content (AvgIpc) is 2.92. The van der Waals surface area contributed by atoms with Gasteiger partial charge in [-0.1, -0.05) is 23.2 Å². The Labute approximate surface area is 276 Å². The van der Waals surface area contributed by atoms with Crippen LogP contribution in [0, 0.1) is 51.0 Å². The molecule has 0 aliphatic rings. The van der Waals surface area contributed by atoms with Gasteiger partial charge in [0.25, 0.3) is 0 Å². The predicted octanol–water partition coefficient (Wildman–Crippen LogP) is 8.72. The molecule has 0 bridgehead atoms. The van der Waals surface area contributed by atoms with Crippen LogP contribution in [0.2, 0.25) is 10.0 Å². The molecule has 0 saturated carbocycles. The lowest BCUT2D eigenvalue weighted by molar-refractivity contribution is 0.0597. The zero-order valence-corrected chi connectivity index (χ0v) is 26.9. The fourth-order valence-corrected chi connectivity index (χ4v) is 4.45. The molecular weight excluding hydrogens is 671 g/mol. The van der Waals surface area contributed by atoms with E-state index >= 15 is 0 Å². The number of rotatable bonds is 4. The number of halogens is 6. The van der Waals surface area contributed by atoms with Crippen LogP contribution in [0.3, 0.4) is 0 Å². The van der Waals surface area contributed by atoms with E-state index in [0.717, 1.165) is 30.3 Å². The van der Waals surface area contributed by atoms with Gasteiger partial charge in [0.1, 0.15) is 23.3 Å². The molecule has 4 rings (SSSR count). The molecule has 0 radical (unpaired) electrons. The van der Waals surface area contributed by atoms with Gasteiger partial charge in [-0.3, -0.25) is 0 Å². The Bertz CT molecular complexity index is 1680. The molecule has 8 nitrogen and oxygen atoms in total. The lowest BCUT2D eigenvalue weighted by Gasteiger charge is -2.02. The summed E-state index contributed by atoms with van der Waals surface area (Å²) in [6.45, 7) is 6.22. The van der Waals surface area contributed by atoms with Crippen molar-refractivity contribution in [2.45, 2.75) is 27.7 Å². The maximum Gasteiger partial charge on any atom is 0.338 e. The van der Waals surface area contributed by atoms with Crippen molar-refractivity contribution in [3.05, 3.63) is 138 Å². The molecule has 0 aliphatic heterocycles. The number of esters is 1. The van der Waals surface area contributed by atoms with Crippen LogP contribution in [-0.2, 0) is 4.74 Å². The topological polar surface area (TPSA) is 138 Å². The Morgan fingerprint density at radius 1 is 0.532 bits per heavy atom. The van der Waals surface area contributed by atoms with E-state index in [2.05, 4.69) is 4.74 Å². The molecule has 0 amide bonds. The van der Waals surface area contributed by atoms with E-state index in [1.165, 1.54) is 51.3 Å². The van der Waals surface area contributed by atoms with E-state index in [-0.39, 0.29) is 32.6 Å². The zero-order valence-electron chi connectivity index (χ0n) is 25.4. The third-order valence-corrected chi connectivity index (χ3v) is 6.54. The Morgan fingerprint density at radius 3 is 1.15 bits per heavy atom. The normalized spacial score (nSPS) is 9.77. The highest BCUT2D eigenvalue weighted by Crippen LogP contribution is 2.22. The number of carbonyl (C=O) groups is 4. The quantitative estimate of drug-likeness (QED) is 0.142. The molecule has 14 heteroatoms. The van der Waals surface area contributed by atoms with Gasteiger partial charge < -0.3 is 20.1 Å². The molecule has 0 saturated heterocycles. The van der Waals surface area contributed by atoms with Crippen LogP contribution < -0.4 is 0 Å². The molecule has 0 aromatic heterocycles. The fraction of sp³-hybridized carbons (Fsp3) is 0.152. The minimum absolute atomic E-state index is 0.0435. The van der Waals surface area contributed by atoms with Crippen LogP contribution in [0.25, 0.3) is 0 Å². The van der Waals surface area contributed by atoms with Crippen LogP contribution in [-0.4, -0.2) is 46.3 Å². The van der Waals surface area contributed by atoms with E-state index in [9.17, 15) is 36.7 Å². The van der Waals surface area contributed by atoms with Crippen molar-refractivity contribution in [1.82, 2.24) is 0 Å². The highest BCUT2D eigenvalue weighted by molar-refractivity contribution is 6.34. The Balaban J connectivity index is 0.000000314. The van der Waals surface area contributed by atoms with Gasteiger partial charge in [0.05, 0.1) is 39.4 Å². The second kappa shape index (κ2) is 18.3. The van der Waals surface area contributed by atoms with Gasteiger partial charge >= 0.3 is 23.9 Å². The Kier molecular flexibility index (Phi) is 15.6. The Morgan fingerprint density at radius 2 is 0.872 bits per heavy atom. The first-order valence-corrected chi connectivity index (χ1v) is 13.8. The van der Waals surface area contributed by atoms with Crippen LogP contribution in [0.4, 0.5) is 17.6 Å². The smallest absolute Gasteiger partial charge is 0.338 e. The summed E-state index contributed by atoms with van der Waals surface area (Å²) in [4.78, 5) is 42.5. The van der Waals surface area contributed by atoms with Gasteiger partial charge in [-0.25, -0.2) is 36.7 Å². The third-order valence-electron chi connectivity index (χ3n) is 5.94. The summed E-state index contributed by atoms with van der Waals surface area (Å²) < 4.78 is 54.7. The number of hydrogen-bond donors (Lipinski definition) is 3. The summed E-state index contributed by atoms with van der Waals surface area (Å²) in [5.74, 6) is -5.55. The summed E-state index contributed by atoms with van der Waals surface area (Å²) in [6.07, 6.45) is 0. The van der Waals surface area contributed by atoms with E-state index < -0.39 is 41.3 Å². The second-order valence-corrected chi connectivity index (χ2v) is 10.3. The number of aryl methyl sites for hydroxylation is 4. The van der Waals surface area contributed by atoms with E-state index in [0.29, 0.717) is 27.8 Å². The number of hydrogen-bond acceptors (Lipinski definition) is 5.